The van der Waals surface area contributed by atoms with Crippen LogP contribution < -0.4 is 9.80 Å². The summed E-state index contributed by atoms with van der Waals surface area (Å²) in [7, 11) is 1.91. The van der Waals surface area contributed by atoms with Gasteiger partial charge in [0, 0.05) is 49.1 Å². The molecule has 2 aliphatic rings. The average molecular weight is 478 g/mol. The number of ketones is 1. The van der Waals surface area contributed by atoms with Crippen LogP contribution in [-0.2, 0) is 14.9 Å². The molecule has 1 saturated heterocycles. The molecule has 2 aliphatic heterocycles. The molecule has 0 spiro atoms. The van der Waals surface area contributed by atoms with Crippen LogP contribution in [0.5, 0.6) is 0 Å². The van der Waals surface area contributed by atoms with Crippen LogP contribution in [0.15, 0.2) is 54.2 Å². The quantitative estimate of drug-likeness (QED) is 0.254. The molecular weight excluding hydrogens is 446 g/mol. The zero-order valence-corrected chi connectivity index (χ0v) is 20.6. The van der Waals surface area contributed by atoms with Gasteiger partial charge in [-0.2, -0.15) is 0 Å². The minimum Gasteiger partial charge on any atom is -0.454 e. The Morgan fingerprint density at radius 1 is 1.14 bits per heavy atom. The van der Waals surface area contributed by atoms with Gasteiger partial charge in [-0.05, 0) is 42.5 Å². The first-order valence-electron chi connectivity index (χ1n) is 11.9. The Hall–Kier alpha value is -3.68. The molecule has 8 nitrogen and oxygen atoms in total. The number of fused-ring (bicyclic) bond motifs is 1. The largest absolute Gasteiger partial charge is 0.454 e. The Morgan fingerprint density at radius 2 is 1.83 bits per heavy atom. The number of nitro groups is 1. The second-order valence-electron chi connectivity index (χ2n) is 9.90. The smallest absolute Gasteiger partial charge is 0.338 e. The fourth-order valence-electron chi connectivity index (χ4n) is 4.99. The molecule has 0 aromatic heterocycles. The Labute approximate surface area is 205 Å². The number of nitrogens with zero attached hydrogens (tertiary/aromatic N) is 3. The van der Waals surface area contributed by atoms with Crippen molar-refractivity contribution in [2.75, 3.05) is 36.5 Å². The van der Waals surface area contributed by atoms with Crippen LogP contribution in [0, 0.1) is 16.0 Å². The number of benzene rings is 2. The van der Waals surface area contributed by atoms with Gasteiger partial charge in [0.05, 0.1) is 10.5 Å². The Morgan fingerprint density at radius 3 is 2.49 bits per heavy atom. The third-order valence-electron chi connectivity index (χ3n) is 7.12. The molecule has 0 atom stereocenters. The van der Waals surface area contributed by atoms with Gasteiger partial charge in [-0.3, -0.25) is 14.9 Å². The van der Waals surface area contributed by atoms with Crippen molar-refractivity contribution in [1.29, 1.82) is 0 Å². The van der Waals surface area contributed by atoms with E-state index in [0.29, 0.717) is 11.6 Å². The van der Waals surface area contributed by atoms with E-state index in [0.717, 1.165) is 42.9 Å². The summed E-state index contributed by atoms with van der Waals surface area (Å²) in [5, 5.41) is 11.7. The van der Waals surface area contributed by atoms with Crippen molar-refractivity contribution in [2.45, 2.75) is 39.0 Å². The molecule has 0 saturated carbocycles. The molecule has 2 aromatic rings. The first kappa shape index (κ1) is 24.4. The summed E-state index contributed by atoms with van der Waals surface area (Å²) in [6.45, 7) is 7.30. The van der Waals surface area contributed by atoms with Crippen molar-refractivity contribution in [3.8, 4) is 0 Å². The maximum Gasteiger partial charge on any atom is 0.338 e. The highest BCUT2D eigenvalue weighted by Gasteiger charge is 2.38. The summed E-state index contributed by atoms with van der Waals surface area (Å²) >= 11 is 0. The third kappa shape index (κ3) is 4.78. The van der Waals surface area contributed by atoms with Gasteiger partial charge in [0.2, 0.25) is 0 Å². The summed E-state index contributed by atoms with van der Waals surface area (Å²) in [6, 6.07) is 12.3. The molecule has 35 heavy (non-hydrogen) atoms. The van der Waals surface area contributed by atoms with E-state index in [2.05, 4.69) is 6.92 Å². The fourth-order valence-corrected chi connectivity index (χ4v) is 4.99. The molecule has 0 aliphatic carbocycles. The number of rotatable bonds is 6. The summed E-state index contributed by atoms with van der Waals surface area (Å²) < 4.78 is 5.23. The lowest BCUT2D eigenvalue weighted by Gasteiger charge is -2.31. The van der Waals surface area contributed by atoms with Crippen molar-refractivity contribution in [1.82, 2.24) is 0 Å². The number of likely N-dealkylation sites (N-methyl/N-ethyl adjacent to an activating group) is 1. The minimum absolute atomic E-state index is 0.0528. The highest BCUT2D eigenvalue weighted by molar-refractivity contribution is 5.97. The number of hydrogen-bond donors (Lipinski definition) is 0. The number of esters is 1. The van der Waals surface area contributed by atoms with E-state index in [1.165, 1.54) is 18.2 Å². The Bertz CT molecular complexity index is 1200. The Kier molecular flexibility index (Phi) is 6.65. The molecule has 8 heteroatoms. The van der Waals surface area contributed by atoms with Crippen LogP contribution in [-0.4, -0.2) is 43.4 Å². The van der Waals surface area contributed by atoms with Gasteiger partial charge in [0.1, 0.15) is 5.69 Å². The van der Waals surface area contributed by atoms with Gasteiger partial charge in [-0.25, -0.2) is 4.79 Å². The van der Waals surface area contributed by atoms with E-state index in [1.807, 2.05) is 55.0 Å². The van der Waals surface area contributed by atoms with Crippen molar-refractivity contribution < 1.29 is 19.2 Å². The standard InChI is InChI=1S/C27H31N3O5/c1-18-11-13-29(14-12-18)23-10-9-19(15-24(23)30(33)34)26(32)35-17-20(31)16-25-27(2,3)21-7-5-6-8-22(21)28(25)4/h5-10,15-16,18H,11-14,17H2,1-4H3/b25-16+. The van der Waals surface area contributed by atoms with E-state index >= 15 is 0 Å². The second kappa shape index (κ2) is 9.52. The van der Waals surface area contributed by atoms with Gasteiger partial charge in [0.15, 0.2) is 12.4 Å². The van der Waals surface area contributed by atoms with Crippen LogP contribution in [0.3, 0.4) is 0 Å². The van der Waals surface area contributed by atoms with Crippen LogP contribution in [0.2, 0.25) is 0 Å². The molecule has 2 aromatic carbocycles. The number of piperidine rings is 1. The molecule has 184 valence electrons. The Balaban J connectivity index is 1.45. The highest BCUT2D eigenvalue weighted by atomic mass is 16.6. The predicted molar refractivity (Wildman–Crippen MR) is 135 cm³/mol. The molecule has 2 heterocycles. The molecule has 0 radical (unpaired) electrons. The number of ether oxygens (including phenoxy) is 1. The monoisotopic (exact) mass is 477 g/mol. The third-order valence-corrected chi connectivity index (χ3v) is 7.12. The van der Waals surface area contributed by atoms with Crippen molar-refractivity contribution in [3.63, 3.8) is 0 Å². The normalized spacial score (nSPS) is 18.5. The summed E-state index contributed by atoms with van der Waals surface area (Å²) in [5.74, 6) is -0.522. The van der Waals surface area contributed by atoms with E-state index < -0.39 is 17.5 Å². The van der Waals surface area contributed by atoms with Gasteiger partial charge in [-0.15, -0.1) is 0 Å². The minimum atomic E-state index is -0.763. The number of para-hydroxylation sites is 1. The van der Waals surface area contributed by atoms with Crippen LogP contribution in [0.25, 0.3) is 0 Å². The van der Waals surface area contributed by atoms with Crippen LogP contribution >= 0.6 is 0 Å². The number of carbonyl (C=O) groups is 2. The number of anilines is 2. The van der Waals surface area contributed by atoms with E-state index in [4.69, 9.17) is 4.74 Å². The molecule has 0 amide bonds. The molecule has 1 fully saturated rings. The van der Waals surface area contributed by atoms with E-state index in [1.54, 1.807) is 6.07 Å². The summed E-state index contributed by atoms with van der Waals surface area (Å²) in [5.41, 5.74) is 3.03. The van der Waals surface area contributed by atoms with E-state index in [9.17, 15) is 19.7 Å². The maximum atomic E-state index is 12.7. The lowest BCUT2D eigenvalue weighted by atomic mass is 9.83. The van der Waals surface area contributed by atoms with Crippen LogP contribution in [0.1, 0.15) is 49.5 Å². The van der Waals surface area contributed by atoms with Crippen LogP contribution in [0.4, 0.5) is 17.1 Å². The van der Waals surface area contributed by atoms with Gasteiger partial charge >= 0.3 is 5.97 Å². The topological polar surface area (TPSA) is 93.0 Å². The zero-order valence-electron chi connectivity index (χ0n) is 20.6. The fraction of sp³-hybridized carbons (Fsp3) is 0.407. The summed E-state index contributed by atoms with van der Waals surface area (Å²) in [6.07, 6.45) is 3.45. The van der Waals surface area contributed by atoms with Crippen molar-refractivity contribution in [2.24, 2.45) is 5.92 Å². The molecule has 0 N–H and O–H groups in total. The number of carbonyl (C=O) groups excluding carboxylic acids is 2. The molecule has 4 rings (SSSR count). The first-order chi connectivity index (χ1) is 16.6. The van der Waals surface area contributed by atoms with Crippen molar-refractivity contribution in [3.05, 3.63) is 75.5 Å². The SMILES string of the molecule is CC1CCN(c2ccc(C(=O)OCC(=O)/C=C3/N(C)c4ccccc4C3(C)C)cc2[N+](=O)[O-])CC1. The van der Waals surface area contributed by atoms with Gasteiger partial charge in [0.25, 0.3) is 5.69 Å². The molecular formula is C27H31N3O5. The van der Waals surface area contributed by atoms with E-state index in [-0.39, 0.29) is 22.4 Å². The van der Waals surface area contributed by atoms with Gasteiger partial charge < -0.3 is 14.5 Å². The first-order valence-corrected chi connectivity index (χ1v) is 11.9. The zero-order chi connectivity index (χ0) is 25.3. The number of allylic oxidation sites excluding steroid dienone is 1. The van der Waals surface area contributed by atoms with Gasteiger partial charge in [-0.1, -0.05) is 39.0 Å². The summed E-state index contributed by atoms with van der Waals surface area (Å²) in [4.78, 5) is 40.5. The molecule has 0 bridgehead atoms. The highest BCUT2D eigenvalue weighted by Crippen LogP contribution is 2.46. The number of hydrogen-bond acceptors (Lipinski definition) is 7. The molecule has 0 unspecified atom stereocenters. The lowest BCUT2D eigenvalue weighted by Crippen LogP contribution is -2.33. The predicted octanol–water partition coefficient (Wildman–Crippen LogP) is 4.87. The maximum absolute atomic E-state index is 12.7. The lowest BCUT2D eigenvalue weighted by molar-refractivity contribution is -0.384. The average Bonchev–Trinajstić information content (AvgIpc) is 3.03. The van der Waals surface area contributed by atoms with Crippen molar-refractivity contribution >= 4 is 28.8 Å². The second-order valence-corrected chi connectivity index (χ2v) is 9.90. The number of nitro benzene ring substituents is 1.